The fraction of sp³-hybridized carbons (Fsp3) is 0.200. The van der Waals surface area contributed by atoms with Crippen molar-refractivity contribution in [1.82, 2.24) is 4.90 Å². The lowest BCUT2D eigenvalue weighted by molar-refractivity contribution is -0.128. The van der Waals surface area contributed by atoms with Crippen LogP contribution in [0.15, 0.2) is 66.7 Å². The third-order valence-corrected chi connectivity index (χ3v) is 6.80. The SMILES string of the molecule is COc1ccc(C)cc1NC(=O)c1ccc([C@@H]2SCC(=O)N2Cc2ccc(Cl)cc2)cc1. The number of hydrogen-bond donors (Lipinski definition) is 1. The van der Waals surface area contributed by atoms with Gasteiger partial charge in [-0.25, -0.2) is 0 Å². The molecule has 1 heterocycles. The van der Waals surface area contributed by atoms with Gasteiger partial charge in [-0.3, -0.25) is 9.59 Å². The second kappa shape index (κ2) is 9.67. The van der Waals surface area contributed by atoms with E-state index in [0.717, 1.165) is 16.7 Å². The molecule has 1 aliphatic heterocycles. The van der Waals surface area contributed by atoms with Crippen molar-refractivity contribution in [3.05, 3.63) is 94.0 Å². The van der Waals surface area contributed by atoms with Gasteiger partial charge in [-0.2, -0.15) is 0 Å². The number of amides is 2. The number of rotatable bonds is 6. The van der Waals surface area contributed by atoms with Gasteiger partial charge in [-0.1, -0.05) is 41.9 Å². The highest BCUT2D eigenvalue weighted by Gasteiger charge is 2.32. The van der Waals surface area contributed by atoms with Crippen LogP contribution in [0.2, 0.25) is 5.02 Å². The van der Waals surface area contributed by atoms with Crippen molar-refractivity contribution >= 4 is 40.9 Å². The standard InChI is InChI=1S/C25H23ClN2O3S/c1-16-3-12-22(31-2)21(13-16)27-24(30)18-6-8-19(9-7-18)25-28(23(29)15-32-25)14-17-4-10-20(26)11-5-17/h3-13,25H,14-15H2,1-2H3,(H,27,30)/t25-/m0/s1. The number of methoxy groups -OCH3 is 1. The number of hydrogen-bond acceptors (Lipinski definition) is 4. The van der Waals surface area contributed by atoms with Gasteiger partial charge in [0.25, 0.3) is 5.91 Å². The van der Waals surface area contributed by atoms with Crippen LogP contribution in [0.3, 0.4) is 0 Å². The van der Waals surface area contributed by atoms with E-state index in [1.165, 1.54) is 0 Å². The highest BCUT2D eigenvalue weighted by molar-refractivity contribution is 8.00. The van der Waals surface area contributed by atoms with Crippen LogP contribution in [0.5, 0.6) is 5.75 Å². The van der Waals surface area contributed by atoms with E-state index in [4.69, 9.17) is 16.3 Å². The molecule has 164 valence electrons. The molecule has 32 heavy (non-hydrogen) atoms. The molecule has 3 aromatic carbocycles. The van der Waals surface area contributed by atoms with Gasteiger partial charge in [-0.15, -0.1) is 11.8 Å². The van der Waals surface area contributed by atoms with Crippen molar-refractivity contribution < 1.29 is 14.3 Å². The summed E-state index contributed by atoms with van der Waals surface area (Å²) in [5.41, 5.74) is 4.21. The quantitative estimate of drug-likeness (QED) is 0.507. The van der Waals surface area contributed by atoms with Gasteiger partial charge in [0.1, 0.15) is 11.1 Å². The monoisotopic (exact) mass is 466 g/mol. The first-order chi connectivity index (χ1) is 15.4. The van der Waals surface area contributed by atoms with Crippen molar-refractivity contribution in [3.63, 3.8) is 0 Å². The molecular weight excluding hydrogens is 444 g/mol. The molecule has 1 fully saturated rings. The van der Waals surface area contributed by atoms with E-state index in [1.807, 2.05) is 66.4 Å². The molecule has 0 aromatic heterocycles. The lowest BCUT2D eigenvalue weighted by atomic mass is 10.1. The zero-order valence-electron chi connectivity index (χ0n) is 17.8. The van der Waals surface area contributed by atoms with Crippen LogP contribution in [-0.4, -0.2) is 29.6 Å². The van der Waals surface area contributed by atoms with Gasteiger partial charge < -0.3 is 15.0 Å². The number of anilines is 1. The molecule has 0 aliphatic carbocycles. The van der Waals surface area contributed by atoms with E-state index in [-0.39, 0.29) is 17.2 Å². The molecule has 0 spiro atoms. The number of thioether (sulfide) groups is 1. The minimum atomic E-state index is -0.214. The molecule has 2 amide bonds. The van der Waals surface area contributed by atoms with E-state index in [2.05, 4.69) is 5.32 Å². The fourth-order valence-corrected chi connectivity index (χ4v) is 4.91. The van der Waals surface area contributed by atoms with Crippen LogP contribution in [-0.2, 0) is 11.3 Å². The zero-order chi connectivity index (χ0) is 22.7. The van der Waals surface area contributed by atoms with Crippen LogP contribution in [0.25, 0.3) is 0 Å². The molecule has 0 unspecified atom stereocenters. The van der Waals surface area contributed by atoms with Crippen molar-refractivity contribution in [1.29, 1.82) is 0 Å². The van der Waals surface area contributed by atoms with Gasteiger partial charge in [0.2, 0.25) is 5.91 Å². The van der Waals surface area contributed by atoms with Crippen LogP contribution >= 0.6 is 23.4 Å². The van der Waals surface area contributed by atoms with Crippen molar-refractivity contribution in [3.8, 4) is 5.75 Å². The van der Waals surface area contributed by atoms with Crippen LogP contribution < -0.4 is 10.1 Å². The summed E-state index contributed by atoms with van der Waals surface area (Å²) in [4.78, 5) is 27.1. The Balaban J connectivity index is 1.49. The van der Waals surface area contributed by atoms with Crippen molar-refractivity contribution in [2.45, 2.75) is 18.8 Å². The Morgan fingerprint density at radius 1 is 1.12 bits per heavy atom. The van der Waals surface area contributed by atoms with E-state index in [1.54, 1.807) is 31.0 Å². The Labute approximate surface area is 196 Å². The number of halogens is 1. The van der Waals surface area contributed by atoms with Crippen LogP contribution in [0.1, 0.15) is 32.4 Å². The summed E-state index contributed by atoms with van der Waals surface area (Å²) < 4.78 is 5.34. The Hall–Kier alpha value is -2.96. The number of benzene rings is 3. The lowest BCUT2D eigenvalue weighted by Gasteiger charge is -2.24. The molecule has 7 heteroatoms. The van der Waals surface area contributed by atoms with Gasteiger partial charge in [0.15, 0.2) is 0 Å². The average Bonchev–Trinajstić information content (AvgIpc) is 3.15. The van der Waals surface area contributed by atoms with Crippen LogP contribution in [0, 0.1) is 6.92 Å². The molecule has 1 atom stereocenters. The Morgan fingerprint density at radius 2 is 1.84 bits per heavy atom. The predicted octanol–water partition coefficient (Wildman–Crippen LogP) is 5.68. The van der Waals surface area contributed by atoms with Gasteiger partial charge in [0, 0.05) is 17.1 Å². The molecule has 0 bridgehead atoms. The largest absolute Gasteiger partial charge is 0.495 e. The first-order valence-corrected chi connectivity index (χ1v) is 11.6. The van der Waals surface area contributed by atoms with Crippen molar-refractivity contribution in [2.75, 3.05) is 18.2 Å². The number of aryl methyl sites for hydroxylation is 1. The summed E-state index contributed by atoms with van der Waals surface area (Å²) >= 11 is 7.56. The minimum Gasteiger partial charge on any atom is -0.495 e. The maximum Gasteiger partial charge on any atom is 0.255 e. The minimum absolute atomic E-state index is 0.0906. The summed E-state index contributed by atoms with van der Waals surface area (Å²) in [7, 11) is 1.57. The molecule has 0 saturated carbocycles. The normalized spacial score (nSPS) is 15.7. The average molecular weight is 467 g/mol. The van der Waals surface area contributed by atoms with E-state index >= 15 is 0 Å². The number of nitrogens with zero attached hydrogens (tertiary/aromatic N) is 1. The Bertz CT molecular complexity index is 1130. The predicted molar refractivity (Wildman–Crippen MR) is 129 cm³/mol. The van der Waals surface area contributed by atoms with E-state index in [0.29, 0.717) is 34.3 Å². The number of ether oxygens (including phenoxy) is 1. The van der Waals surface area contributed by atoms with E-state index in [9.17, 15) is 9.59 Å². The third kappa shape index (κ3) is 4.92. The fourth-order valence-electron chi connectivity index (χ4n) is 3.60. The Morgan fingerprint density at radius 3 is 2.53 bits per heavy atom. The number of carbonyl (C=O) groups is 2. The summed E-state index contributed by atoms with van der Waals surface area (Å²) in [6.07, 6.45) is 0. The molecule has 3 aromatic rings. The maximum atomic E-state index is 12.8. The number of nitrogens with one attached hydrogen (secondary N) is 1. The van der Waals surface area contributed by atoms with Gasteiger partial charge in [-0.05, 0) is 60.0 Å². The summed E-state index contributed by atoms with van der Waals surface area (Å²) in [5.74, 6) is 0.935. The molecule has 0 radical (unpaired) electrons. The smallest absolute Gasteiger partial charge is 0.255 e. The zero-order valence-corrected chi connectivity index (χ0v) is 19.4. The van der Waals surface area contributed by atoms with Gasteiger partial charge >= 0.3 is 0 Å². The molecular formula is C25H23ClN2O3S. The summed E-state index contributed by atoms with van der Waals surface area (Å²) in [5, 5.41) is 3.50. The summed E-state index contributed by atoms with van der Waals surface area (Å²) in [6.45, 7) is 2.48. The maximum absolute atomic E-state index is 12.8. The lowest BCUT2D eigenvalue weighted by Crippen LogP contribution is -2.27. The first kappa shape index (κ1) is 22.2. The molecule has 1 aliphatic rings. The second-order valence-corrected chi connectivity index (χ2v) is 9.10. The Kier molecular flexibility index (Phi) is 6.72. The molecule has 4 rings (SSSR count). The topological polar surface area (TPSA) is 58.6 Å². The van der Waals surface area contributed by atoms with Crippen LogP contribution in [0.4, 0.5) is 5.69 Å². The highest BCUT2D eigenvalue weighted by atomic mass is 35.5. The highest BCUT2D eigenvalue weighted by Crippen LogP contribution is 2.39. The summed E-state index contributed by atoms with van der Waals surface area (Å²) in [6, 6.07) is 20.6. The van der Waals surface area contributed by atoms with E-state index < -0.39 is 0 Å². The van der Waals surface area contributed by atoms with Crippen molar-refractivity contribution in [2.24, 2.45) is 0 Å². The second-order valence-electron chi connectivity index (χ2n) is 7.59. The molecule has 1 saturated heterocycles. The third-order valence-electron chi connectivity index (χ3n) is 5.30. The number of carbonyl (C=O) groups excluding carboxylic acids is 2. The molecule has 5 nitrogen and oxygen atoms in total. The van der Waals surface area contributed by atoms with Gasteiger partial charge in [0.05, 0.1) is 18.6 Å². The molecule has 1 N–H and O–H groups in total. The first-order valence-electron chi connectivity index (χ1n) is 10.2.